The Labute approximate surface area is 73.9 Å². The van der Waals surface area contributed by atoms with Gasteiger partial charge in [-0.05, 0) is 24.5 Å². The standard InChI is InChI=1S/C9H10F4/c1-5-3-6(2)8(10)4-7(5)9(11,12)13/h3-5,7H,1-2H3. The molecule has 0 heterocycles. The maximum atomic E-state index is 12.8. The van der Waals surface area contributed by atoms with Crippen LogP contribution in [0.2, 0.25) is 0 Å². The Morgan fingerprint density at radius 2 is 1.77 bits per heavy atom. The molecule has 1 aliphatic rings. The molecule has 0 aromatic heterocycles. The first kappa shape index (κ1) is 10.3. The van der Waals surface area contributed by atoms with Gasteiger partial charge in [0.2, 0.25) is 0 Å². The maximum absolute atomic E-state index is 12.8. The molecule has 0 radical (unpaired) electrons. The average Bonchev–Trinajstić information content (AvgIpc) is 1.94. The van der Waals surface area contributed by atoms with Gasteiger partial charge in [0.15, 0.2) is 0 Å². The highest BCUT2D eigenvalue weighted by Gasteiger charge is 2.42. The van der Waals surface area contributed by atoms with Gasteiger partial charge in [-0.15, -0.1) is 0 Å². The molecule has 0 saturated carbocycles. The molecule has 0 spiro atoms. The molecule has 1 rings (SSSR count). The first-order chi connectivity index (χ1) is 5.82. The molecule has 2 atom stereocenters. The summed E-state index contributed by atoms with van der Waals surface area (Å²) in [5.74, 6) is -3.13. The molecule has 2 unspecified atom stereocenters. The van der Waals surface area contributed by atoms with E-state index in [1.165, 1.54) is 19.9 Å². The van der Waals surface area contributed by atoms with Crippen LogP contribution in [0.4, 0.5) is 17.6 Å². The Morgan fingerprint density at radius 3 is 2.23 bits per heavy atom. The topological polar surface area (TPSA) is 0 Å². The van der Waals surface area contributed by atoms with Crippen molar-refractivity contribution in [1.82, 2.24) is 0 Å². The van der Waals surface area contributed by atoms with Crippen LogP contribution in [-0.4, -0.2) is 6.18 Å². The van der Waals surface area contributed by atoms with Crippen LogP contribution in [0.5, 0.6) is 0 Å². The third kappa shape index (κ3) is 2.11. The molecular weight excluding hydrogens is 184 g/mol. The minimum atomic E-state index is -4.35. The van der Waals surface area contributed by atoms with Gasteiger partial charge < -0.3 is 0 Å². The van der Waals surface area contributed by atoms with Crippen molar-refractivity contribution < 1.29 is 17.6 Å². The van der Waals surface area contributed by atoms with E-state index in [1.54, 1.807) is 0 Å². The van der Waals surface area contributed by atoms with Crippen molar-refractivity contribution in [3.63, 3.8) is 0 Å². The van der Waals surface area contributed by atoms with E-state index >= 15 is 0 Å². The molecular formula is C9H10F4. The van der Waals surface area contributed by atoms with E-state index in [0.29, 0.717) is 6.08 Å². The minimum Gasteiger partial charge on any atom is -0.207 e. The lowest BCUT2D eigenvalue weighted by Crippen LogP contribution is -2.28. The summed E-state index contributed by atoms with van der Waals surface area (Å²) in [5, 5.41) is 0. The smallest absolute Gasteiger partial charge is 0.207 e. The van der Waals surface area contributed by atoms with Gasteiger partial charge in [0, 0.05) is 0 Å². The number of alkyl halides is 3. The van der Waals surface area contributed by atoms with Crippen LogP contribution in [0.15, 0.2) is 23.6 Å². The number of hydrogen-bond acceptors (Lipinski definition) is 0. The molecule has 0 fully saturated rings. The van der Waals surface area contributed by atoms with Gasteiger partial charge >= 0.3 is 6.18 Å². The zero-order chi connectivity index (χ0) is 10.2. The van der Waals surface area contributed by atoms with Gasteiger partial charge in [-0.1, -0.05) is 13.0 Å². The largest absolute Gasteiger partial charge is 0.395 e. The van der Waals surface area contributed by atoms with Crippen molar-refractivity contribution >= 4 is 0 Å². The first-order valence-corrected chi connectivity index (χ1v) is 3.95. The third-order valence-corrected chi connectivity index (χ3v) is 2.16. The van der Waals surface area contributed by atoms with E-state index in [0.717, 1.165) is 0 Å². The molecule has 0 aromatic rings. The predicted octanol–water partition coefficient (Wildman–Crippen LogP) is 3.61. The lowest BCUT2D eigenvalue weighted by atomic mass is 9.86. The summed E-state index contributed by atoms with van der Waals surface area (Å²) in [5.41, 5.74) is 0.285. The monoisotopic (exact) mass is 194 g/mol. The van der Waals surface area contributed by atoms with Crippen molar-refractivity contribution in [2.24, 2.45) is 11.8 Å². The average molecular weight is 194 g/mol. The number of halogens is 4. The van der Waals surface area contributed by atoms with Crippen LogP contribution >= 0.6 is 0 Å². The van der Waals surface area contributed by atoms with Gasteiger partial charge in [0.1, 0.15) is 5.83 Å². The van der Waals surface area contributed by atoms with Gasteiger partial charge in [-0.25, -0.2) is 4.39 Å². The highest BCUT2D eigenvalue weighted by Crippen LogP contribution is 2.38. The number of hydrogen-bond donors (Lipinski definition) is 0. The van der Waals surface area contributed by atoms with Crippen molar-refractivity contribution in [2.45, 2.75) is 20.0 Å². The predicted molar refractivity (Wildman–Crippen MR) is 41.7 cm³/mol. The second-order valence-corrected chi connectivity index (χ2v) is 3.29. The van der Waals surface area contributed by atoms with Gasteiger partial charge in [-0.2, -0.15) is 13.2 Å². The van der Waals surface area contributed by atoms with E-state index in [4.69, 9.17) is 0 Å². The lowest BCUT2D eigenvalue weighted by Gasteiger charge is -2.25. The van der Waals surface area contributed by atoms with Crippen LogP contribution in [0.25, 0.3) is 0 Å². The fourth-order valence-corrected chi connectivity index (χ4v) is 1.41. The van der Waals surface area contributed by atoms with Crippen molar-refractivity contribution in [3.8, 4) is 0 Å². The zero-order valence-corrected chi connectivity index (χ0v) is 7.32. The third-order valence-electron chi connectivity index (χ3n) is 2.16. The Kier molecular flexibility index (Phi) is 2.50. The molecule has 74 valence electrons. The SMILES string of the molecule is CC1=CC(C)C(C(F)(F)F)C=C1F. The molecule has 13 heavy (non-hydrogen) atoms. The summed E-state index contributed by atoms with van der Waals surface area (Å²) in [6, 6.07) is 0. The fourth-order valence-electron chi connectivity index (χ4n) is 1.41. The Balaban J connectivity index is 2.94. The second kappa shape index (κ2) is 3.16. The van der Waals surface area contributed by atoms with E-state index < -0.39 is 23.8 Å². The van der Waals surface area contributed by atoms with Crippen molar-refractivity contribution in [3.05, 3.63) is 23.6 Å². The van der Waals surface area contributed by atoms with Gasteiger partial charge in [0.05, 0.1) is 5.92 Å². The quantitative estimate of drug-likeness (QED) is 0.517. The molecule has 0 saturated heterocycles. The summed E-state index contributed by atoms with van der Waals surface area (Å²) in [6.07, 6.45) is -2.39. The highest BCUT2D eigenvalue weighted by molar-refractivity contribution is 5.29. The van der Waals surface area contributed by atoms with Crippen LogP contribution in [0.3, 0.4) is 0 Å². The fraction of sp³-hybridized carbons (Fsp3) is 0.556. The van der Waals surface area contributed by atoms with E-state index in [2.05, 4.69) is 0 Å². The van der Waals surface area contributed by atoms with Crippen LogP contribution in [-0.2, 0) is 0 Å². The normalized spacial score (nSPS) is 29.7. The van der Waals surface area contributed by atoms with E-state index in [1.807, 2.05) is 0 Å². The molecule has 0 nitrogen and oxygen atoms in total. The van der Waals surface area contributed by atoms with E-state index in [9.17, 15) is 17.6 Å². The van der Waals surface area contributed by atoms with Crippen LogP contribution in [0.1, 0.15) is 13.8 Å². The summed E-state index contributed by atoms with van der Waals surface area (Å²) in [7, 11) is 0. The molecule has 0 amide bonds. The summed E-state index contributed by atoms with van der Waals surface area (Å²) >= 11 is 0. The molecule has 1 aliphatic carbocycles. The molecule has 4 heteroatoms. The highest BCUT2D eigenvalue weighted by atomic mass is 19.4. The summed E-state index contributed by atoms with van der Waals surface area (Å²) in [6.45, 7) is 2.90. The zero-order valence-electron chi connectivity index (χ0n) is 7.32. The van der Waals surface area contributed by atoms with E-state index in [-0.39, 0.29) is 5.57 Å². The second-order valence-electron chi connectivity index (χ2n) is 3.29. The minimum absolute atomic E-state index is 0.285. The molecule has 0 aromatic carbocycles. The van der Waals surface area contributed by atoms with Gasteiger partial charge in [-0.3, -0.25) is 0 Å². The van der Waals surface area contributed by atoms with Crippen LogP contribution < -0.4 is 0 Å². The molecule has 0 aliphatic heterocycles. The first-order valence-electron chi connectivity index (χ1n) is 3.95. The van der Waals surface area contributed by atoms with Crippen LogP contribution in [0, 0.1) is 11.8 Å². The summed E-state index contributed by atoms with van der Waals surface area (Å²) < 4.78 is 49.6. The van der Waals surface area contributed by atoms with Gasteiger partial charge in [0.25, 0.3) is 0 Å². The lowest BCUT2D eigenvalue weighted by molar-refractivity contribution is -0.169. The molecule has 0 N–H and O–H groups in total. The Hall–Kier alpha value is -0.800. The Bertz CT molecular complexity index is 259. The summed E-state index contributed by atoms with van der Waals surface area (Å²) in [4.78, 5) is 0. The maximum Gasteiger partial charge on any atom is 0.395 e. The molecule has 0 bridgehead atoms. The number of rotatable bonds is 0. The van der Waals surface area contributed by atoms with Crippen molar-refractivity contribution in [2.75, 3.05) is 0 Å². The number of allylic oxidation sites excluding steroid dienone is 4. The Morgan fingerprint density at radius 1 is 1.23 bits per heavy atom. The van der Waals surface area contributed by atoms with Crippen molar-refractivity contribution in [1.29, 1.82) is 0 Å².